The molecule has 4 aromatic rings. The van der Waals surface area contributed by atoms with Crippen molar-refractivity contribution >= 4 is 27.8 Å². The van der Waals surface area contributed by atoms with Gasteiger partial charge < -0.3 is 0 Å². The molecule has 0 unspecified atom stereocenters. The van der Waals surface area contributed by atoms with Crippen LogP contribution >= 0.6 is 11.3 Å². The van der Waals surface area contributed by atoms with Crippen molar-refractivity contribution < 1.29 is 0 Å². The van der Waals surface area contributed by atoms with Crippen LogP contribution in [0.25, 0.3) is 11.3 Å². The van der Waals surface area contributed by atoms with E-state index in [1.54, 1.807) is 11.3 Å². The Morgan fingerprint density at radius 3 is 1.67 bits per heavy atom. The van der Waals surface area contributed by atoms with Gasteiger partial charge in [0.1, 0.15) is 0 Å². The van der Waals surface area contributed by atoms with Crippen molar-refractivity contribution in [3.05, 3.63) is 96.4 Å². The van der Waals surface area contributed by atoms with Crippen LogP contribution in [0.1, 0.15) is 0 Å². The number of para-hydroxylation sites is 2. The Bertz CT molecular complexity index is 863. The van der Waals surface area contributed by atoms with E-state index in [2.05, 4.69) is 70.9 Å². The lowest BCUT2D eigenvalue weighted by Crippen LogP contribution is -2.09. The lowest BCUT2D eigenvalue weighted by molar-refractivity contribution is 1.23. The SMILES string of the molecule is c1ccc(-c2csc(N(c3ccccc3)c3ccccc3)n2)cc1. The molecule has 0 amide bonds. The summed E-state index contributed by atoms with van der Waals surface area (Å²) < 4.78 is 0. The first-order valence-corrected chi connectivity index (χ1v) is 8.71. The maximum Gasteiger partial charge on any atom is 0.195 e. The van der Waals surface area contributed by atoms with E-state index in [0.717, 1.165) is 27.8 Å². The quantitative estimate of drug-likeness (QED) is 0.438. The second-order valence-corrected chi connectivity index (χ2v) is 6.22. The minimum atomic E-state index is 0.964. The summed E-state index contributed by atoms with van der Waals surface area (Å²) in [4.78, 5) is 7.07. The van der Waals surface area contributed by atoms with Crippen LogP contribution < -0.4 is 4.90 Å². The van der Waals surface area contributed by atoms with Crippen molar-refractivity contribution in [1.29, 1.82) is 0 Å². The molecule has 3 aromatic carbocycles. The molecule has 1 aromatic heterocycles. The van der Waals surface area contributed by atoms with E-state index < -0.39 is 0 Å². The minimum absolute atomic E-state index is 0.964. The number of nitrogens with zero attached hydrogens (tertiary/aromatic N) is 2. The van der Waals surface area contributed by atoms with Gasteiger partial charge in [0, 0.05) is 22.3 Å². The highest BCUT2D eigenvalue weighted by molar-refractivity contribution is 7.14. The topological polar surface area (TPSA) is 16.1 Å². The molecule has 2 nitrogen and oxygen atoms in total. The number of rotatable bonds is 4. The van der Waals surface area contributed by atoms with Crippen molar-refractivity contribution in [2.75, 3.05) is 4.90 Å². The summed E-state index contributed by atoms with van der Waals surface area (Å²) in [5.74, 6) is 0. The third kappa shape index (κ3) is 2.94. The average molecular weight is 328 g/mol. The summed E-state index contributed by atoms with van der Waals surface area (Å²) in [5.41, 5.74) is 4.36. The molecule has 4 rings (SSSR count). The number of hydrogen-bond acceptors (Lipinski definition) is 3. The van der Waals surface area contributed by atoms with Gasteiger partial charge in [-0.05, 0) is 24.3 Å². The zero-order chi connectivity index (χ0) is 16.2. The van der Waals surface area contributed by atoms with Crippen LogP contribution in [0, 0.1) is 0 Å². The van der Waals surface area contributed by atoms with Gasteiger partial charge in [0.15, 0.2) is 5.13 Å². The summed E-state index contributed by atoms with van der Waals surface area (Å²) in [6, 6.07) is 31.0. The van der Waals surface area contributed by atoms with E-state index in [1.807, 2.05) is 30.3 Å². The van der Waals surface area contributed by atoms with Gasteiger partial charge in [0.05, 0.1) is 5.69 Å². The first-order valence-electron chi connectivity index (χ1n) is 7.83. The van der Waals surface area contributed by atoms with Crippen molar-refractivity contribution in [2.24, 2.45) is 0 Å². The number of thiazole rings is 1. The predicted molar refractivity (Wildman–Crippen MR) is 102 cm³/mol. The maximum atomic E-state index is 4.88. The van der Waals surface area contributed by atoms with Crippen LogP contribution in [-0.4, -0.2) is 4.98 Å². The van der Waals surface area contributed by atoms with Gasteiger partial charge in [0.25, 0.3) is 0 Å². The molecular weight excluding hydrogens is 312 g/mol. The van der Waals surface area contributed by atoms with E-state index in [9.17, 15) is 0 Å². The van der Waals surface area contributed by atoms with Crippen LogP contribution in [0.2, 0.25) is 0 Å². The molecule has 116 valence electrons. The van der Waals surface area contributed by atoms with Crippen molar-refractivity contribution in [3.8, 4) is 11.3 Å². The molecule has 1 heterocycles. The van der Waals surface area contributed by atoms with Gasteiger partial charge in [-0.1, -0.05) is 66.7 Å². The Morgan fingerprint density at radius 2 is 1.12 bits per heavy atom. The van der Waals surface area contributed by atoms with Crippen LogP contribution in [0.4, 0.5) is 16.5 Å². The number of aromatic nitrogens is 1. The second kappa shape index (κ2) is 6.69. The summed E-state index contributed by atoms with van der Waals surface area (Å²) in [6.07, 6.45) is 0. The fourth-order valence-corrected chi connectivity index (χ4v) is 3.51. The predicted octanol–water partition coefficient (Wildman–Crippen LogP) is 6.28. The van der Waals surface area contributed by atoms with Gasteiger partial charge in [-0.25, -0.2) is 4.98 Å². The van der Waals surface area contributed by atoms with E-state index in [4.69, 9.17) is 4.98 Å². The zero-order valence-electron chi connectivity index (χ0n) is 13.0. The third-order valence-electron chi connectivity index (χ3n) is 3.78. The third-order valence-corrected chi connectivity index (χ3v) is 4.61. The molecule has 0 aliphatic rings. The molecular formula is C21H16N2S. The fraction of sp³-hybridized carbons (Fsp3) is 0. The Kier molecular flexibility index (Phi) is 4.09. The van der Waals surface area contributed by atoms with E-state index in [0.29, 0.717) is 0 Å². The highest BCUT2D eigenvalue weighted by Gasteiger charge is 2.15. The Balaban J connectivity index is 1.79. The first kappa shape index (κ1) is 14.7. The normalized spacial score (nSPS) is 10.5. The van der Waals surface area contributed by atoms with Crippen molar-refractivity contribution in [2.45, 2.75) is 0 Å². The number of benzene rings is 3. The molecule has 0 atom stereocenters. The summed E-state index contributed by atoms with van der Waals surface area (Å²) >= 11 is 1.66. The minimum Gasteiger partial charge on any atom is -0.286 e. The van der Waals surface area contributed by atoms with Crippen LogP contribution in [0.5, 0.6) is 0 Å². The standard InChI is InChI=1S/C21H16N2S/c1-4-10-17(11-5-1)20-16-24-21(22-20)23(18-12-6-2-7-13-18)19-14-8-3-9-15-19/h1-16H. The smallest absolute Gasteiger partial charge is 0.195 e. The molecule has 0 aliphatic carbocycles. The Hall–Kier alpha value is -2.91. The monoisotopic (exact) mass is 328 g/mol. The Morgan fingerprint density at radius 1 is 0.625 bits per heavy atom. The van der Waals surface area contributed by atoms with Gasteiger partial charge in [-0.3, -0.25) is 4.90 Å². The summed E-state index contributed by atoms with van der Waals surface area (Å²) in [5, 5.41) is 3.08. The van der Waals surface area contributed by atoms with Crippen molar-refractivity contribution in [1.82, 2.24) is 4.98 Å². The average Bonchev–Trinajstić information content (AvgIpc) is 3.14. The van der Waals surface area contributed by atoms with Gasteiger partial charge in [-0.15, -0.1) is 11.3 Å². The van der Waals surface area contributed by atoms with Crippen LogP contribution in [0.15, 0.2) is 96.4 Å². The first-order chi connectivity index (χ1) is 11.9. The molecule has 0 aliphatic heterocycles. The van der Waals surface area contributed by atoms with E-state index in [1.165, 1.54) is 0 Å². The summed E-state index contributed by atoms with van der Waals surface area (Å²) in [7, 11) is 0. The molecule has 0 bridgehead atoms. The van der Waals surface area contributed by atoms with Crippen LogP contribution in [0.3, 0.4) is 0 Å². The second-order valence-electron chi connectivity index (χ2n) is 5.39. The maximum absolute atomic E-state index is 4.88. The lowest BCUT2D eigenvalue weighted by atomic mass is 10.2. The highest BCUT2D eigenvalue weighted by atomic mass is 32.1. The molecule has 0 radical (unpaired) electrons. The fourth-order valence-electron chi connectivity index (χ4n) is 2.63. The molecule has 3 heteroatoms. The molecule has 0 N–H and O–H groups in total. The van der Waals surface area contributed by atoms with E-state index >= 15 is 0 Å². The number of anilines is 3. The molecule has 0 saturated heterocycles. The lowest BCUT2D eigenvalue weighted by Gasteiger charge is -2.22. The van der Waals surface area contributed by atoms with E-state index in [-0.39, 0.29) is 0 Å². The van der Waals surface area contributed by atoms with Gasteiger partial charge in [0.2, 0.25) is 0 Å². The highest BCUT2D eigenvalue weighted by Crippen LogP contribution is 2.37. The number of hydrogen-bond donors (Lipinski definition) is 0. The summed E-state index contributed by atoms with van der Waals surface area (Å²) in [6.45, 7) is 0. The molecule has 0 saturated carbocycles. The molecule has 0 spiro atoms. The van der Waals surface area contributed by atoms with Gasteiger partial charge in [-0.2, -0.15) is 0 Å². The zero-order valence-corrected chi connectivity index (χ0v) is 13.9. The Labute approximate surface area is 145 Å². The van der Waals surface area contributed by atoms with Crippen molar-refractivity contribution in [3.63, 3.8) is 0 Å². The molecule has 24 heavy (non-hydrogen) atoms. The largest absolute Gasteiger partial charge is 0.286 e. The molecule has 0 fully saturated rings. The van der Waals surface area contributed by atoms with Gasteiger partial charge >= 0.3 is 0 Å². The van der Waals surface area contributed by atoms with Crippen LogP contribution in [-0.2, 0) is 0 Å².